The van der Waals surface area contributed by atoms with Crippen LogP contribution >= 0.6 is 24.0 Å². The lowest BCUT2D eigenvalue weighted by molar-refractivity contribution is -0.122. The van der Waals surface area contributed by atoms with Gasteiger partial charge in [-0.2, -0.15) is 0 Å². The number of aromatic nitrogens is 1. The fourth-order valence-corrected chi connectivity index (χ4v) is 3.66. The van der Waals surface area contributed by atoms with Crippen LogP contribution in [-0.2, 0) is 11.3 Å². The third-order valence-corrected chi connectivity index (χ3v) is 5.31. The van der Waals surface area contributed by atoms with E-state index in [4.69, 9.17) is 5.73 Å². The smallest absolute Gasteiger partial charge is 0.222 e. The summed E-state index contributed by atoms with van der Waals surface area (Å²) in [5, 5.41) is 6.80. The molecule has 0 saturated carbocycles. The van der Waals surface area contributed by atoms with Crippen molar-refractivity contribution in [1.82, 2.24) is 15.6 Å². The number of rotatable bonds is 6. The van der Waals surface area contributed by atoms with Crippen LogP contribution in [0.2, 0.25) is 0 Å². The highest BCUT2D eigenvalue weighted by Gasteiger charge is 2.26. The van der Waals surface area contributed by atoms with E-state index in [2.05, 4.69) is 50.6 Å². The molecule has 1 aromatic heterocycles. The van der Waals surface area contributed by atoms with Crippen molar-refractivity contribution >= 4 is 41.7 Å². The topological polar surface area (TPSA) is 95.6 Å². The summed E-state index contributed by atoms with van der Waals surface area (Å²) in [6.45, 7) is 4.20. The van der Waals surface area contributed by atoms with Gasteiger partial charge in [0.1, 0.15) is 5.82 Å². The number of hydrogen-bond acceptors (Lipinski definition) is 4. The van der Waals surface area contributed by atoms with Crippen molar-refractivity contribution in [1.29, 1.82) is 0 Å². The van der Waals surface area contributed by atoms with Crippen molar-refractivity contribution in [2.24, 2.45) is 16.6 Å². The Morgan fingerprint density at radius 1 is 1.30 bits per heavy atom. The zero-order valence-corrected chi connectivity index (χ0v) is 19.9. The van der Waals surface area contributed by atoms with Gasteiger partial charge in [-0.05, 0) is 31.4 Å². The molecule has 1 aliphatic rings. The molecule has 4 N–H and O–H groups in total. The molecule has 2 unspecified atom stereocenters. The van der Waals surface area contributed by atoms with E-state index in [-0.39, 0.29) is 41.8 Å². The predicted molar refractivity (Wildman–Crippen MR) is 132 cm³/mol. The van der Waals surface area contributed by atoms with E-state index >= 15 is 0 Å². The van der Waals surface area contributed by atoms with Gasteiger partial charge in [-0.15, -0.1) is 24.0 Å². The summed E-state index contributed by atoms with van der Waals surface area (Å²) >= 11 is 0. The monoisotopic (exact) mass is 522 g/mol. The van der Waals surface area contributed by atoms with Crippen LogP contribution < -0.4 is 21.3 Å². The molecule has 2 heterocycles. The van der Waals surface area contributed by atoms with Crippen LogP contribution in [0.15, 0.2) is 53.7 Å². The summed E-state index contributed by atoms with van der Waals surface area (Å²) in [5.74, 6) is 1.28. The van der Waals surface area contributed by atoms with Crippen LogP contribution in [0, 0.1) is 5.92 Å². The highest BCUT2D eigenvalue weighted by Crippen LogP contribution is 2.24. The van der Waals surface area contributed by atoms with Gasteiger partial charge in [0.2, 0.25) is 5.91 Å². The Morgan fingerprint density at radius 3 is 2.77 bits per heavy atom. The lowest BCUT2D eigenvalue weighted by Crippen LogP contribution is -2.42. The van der Waals surface area contributed by atoms with Crippen LogP contribution in [-0.4, -0.2) is 37.0 Å². The Kier molecular flexibility index (Phi) is 9.35. The number of carbonyl (C=O) groups is 1. The zero-order chi connectivity index (χ0) is 20.6. The number of piperidine rings is 1. The minimum absolute atomic E-state index is 0. The number of nitrogens with two attached hydrogens (primary N) is 1. The first kappa shape index (κ1) is 23.9. The van der Waals surface area contributed by atoms with Gasteiger partial charge in [-0.1, -0.05) is 36.4 Å². The number of aliphatic imine (C=N–C) groups is 1. The number of amides is 1. The number of carbonyl (C=O) groups excluding carboxylic acids is 1. The second-order valence-electron chi connectivity index (χ2n) is 7.38. The molecule has 3 rings (SSSR count). The molecule has 8 heteroatoms. The van der Waals surface area contributed by atoms with Gasteiger partial charge in [-0.25, -0.2) is 4.98 Å². The molecule has 1 amide bonds. The van der Waals surface area contributed by atoms with Gasteiger partial charge < -0.3 is 21.3 Å². The highest BCUT2D eigenvalue weighted by atomic mass is 127. The Balaban J connectivity index is 0.00000320. The molecule has 0 spiro atoms. The zero-order valence-electron chi connectivity index (χ0n) is 17.5. The number of anilines is 1. The molecule has 2 aromatic rings. The minimum Gasteiger partial charge on any atom is -0.369 e. The second kappa shape index (κ2) is 11.7. The Bertz CT molecular complexity index is 845. The molecule has 0 bridgehead atoms. The number of nitrogens with zero attached hydrogens (tertiary/aromatic N) is 3. The average molecular weight is 522 g/mol. The van der Waals surface area contributed by atoms with E-state index in [1.54, 1.807) is 13.2 Å². The van der Waals surface area contributed by atoms with E-state index in [9.17, 15) is 4.79 Å². The van der Waals surface area contributed by atoms with Gasteiger partial charge >= 0.3 is 0 Å². The highest BCUT2D eigenvalue weighted by molar-refractivity contribution is 14.0. The molecular formula is C22H31IN6O. The fourth-order valence-electron chi connectivity index (χ4n) is 3.66. The maximum atomic E-state index is 11.6. The van der Waals surface area contributed by atoms with Crippen molar-refractivity contribution in [2.45, 2.75) is 32.4 Å². The van der Waals surface area contributed by atoms with Crippen molar-refractivity contribution in [3.8, 4) is 0 Å². The summed E-state index contributed by atoms with van der Waals surface area (Å²) < 4.78 is 0. The molecule has 2 atom stereocenters. The van der Waals surface area contributed by atoms with E-state index < -0.39 is 0 Å². The first-order valence-corrected chi connectivity index (χ1v) is 10.1. The number of hydrogen-bond donors (Lipinski definition) is 3. The van der Waals surface area contributed by atoms with Crippen LogP contribution in [0.4, 0.5) is 5.82 Å². The molecule has 1 aliphatic heterocycles. The quantitative estimate of drug-likeness (QED) is 0.308. The number of pyridine rings is 1. The number of halogens is 1. The van der Waals surface area contributed by atoms with E-state index in [0.717, 1.165) is 36.7 Å². The second-order valence-corrected chi connectivity index (χ2v) is 7.38. The Hall–Kier alpha value is -2.36. The van der Waals surface area contributed by atoms with Crippen molar-refractivity contribution in [3.05, 3.63) is 59.8 Å². The summed E-state index contributed by atoms with van der Waals surface area (Å²) in [5.41, 5.74) is 7.79. The van der Waals surface area contributed by atoms with Crippen molar-refractivity contribution < 1.29 is 4.79 Å². The van der Waals surface area contributed by atoms with Gasteiger partial charge in [0.25, 0.3) is 0 Å². The van der Waals surface area contributed by atoms with E-state index in [0.29, 0.717) is 13.1 Å². The van der Waals surface area contributed by atoms with Gasteiger partial charge in [0.15, 0.2) is 5.96 Å². The molecular weight excluding hydrogens is 491 g/mol. The van der Waals surface area contributed by atoms with Crippen LogP contribution in [0.3, 0.4) is 0 Å². The first-order chi connectivity index (χ1) is 14.1. The van der Waals surface area contributed by atoms with Gasteiger partial charge in [0.05, 0.1) is 12.0 Å². The van der Waals surface area contributed by atoms with Gasteiger partial charge in [0, 0.05) is 38.4 Å². The minimum atomic E-state index is -0.232. The molecule has 0 radical (unpaired) electrons. The normalized spacial score (nSPS) is 17.6. The summed E-state index contributed by atoms with van der Waals surface area (Å²) in [4.78, 5) is 22.7. The number of nitrogens with one attached hydrogen (secondary N) is 2. The van der Waals surface area contributed by atoms with E-state index in [1.165, 1.54) is 5.56 Å². The SMILES string of the molecule is CN=C(NCc1cccnc1N1CCCC(C(N)=O)C1)NC(C)c1ccccc1.I. The number of benzene rings is 1. The Morgan fingerprint density at radius 2 is 2.07 bits per heavy atom. The largest absolute Gasteiger partial charge is 0.369 e. The van der Waals surface area contributed by atoms with Crippen LogP contribution in [0.25, 0.3) is 0 Å². The molecule has 162 valence electrons. The summed E-state index contributed by atoms with van der Waals surface area (Å²) in [7, 11) is 1.76. The third-order valence-electron chi connectivity index (χ3n) is 5.31. The number of guanidine groups is 1. The van der Waals surface area contributed by atoms with Crippen molar-refractivity contribution in [3.63, 3.8) is 0 Å². The summed E-state index contributed by atoms with van der Waals surface area (Å²) in [6.07, 6.45) is 3.58. The molecule has 1 fully saturated rings. The number of primary amides is 1. The third kappa shape index (κ3) is 6.32. The molecule has 1 aromatic carbocycles. The lowest BCUT2D eigenvalue weighted by atomic mass is 9.97. The predicted octanol–water partition coefficient (Wildman–Crippen LogP) is 2.83. The van der Waals surface area contributed by atoms with Crippen LogP contribution in [0.1, 0.15) is 36.9 Å². The average Bonchev–Trinajstić information content (AvgIpc) is 2.77. The molecule has 1 saturated heterocycles. The molecule has 7 nitrogen and oxygen atoms in total. The maximum Gasteiger partial charge on any atom is 0.222 e. The standard InChI is InChI=1S/C22H30N6O.HI/c1-16(17-8-4-3-5-9-17)27-22(24-2)26-14-18-10-6-12-25-21(18)28-13-7-11-19(15-28)20(23)29;/h3-6,8-10,12,16,19H,7,11,13-15H2,1-2H3,(H2,23,29)(H2,24,26,27);1H. The molecule has 30 heavy (non-hydrogen) atoms. The van der Waals surface area contributed by atoms with Crippen molar-refractivity contribution in [2.75, 3.05) is 25.0 Å². The lowest BCUT2D eigenvalue weighted by Gasteiger charge is -2.33. The fraction of sp³-hybridized carbons (Fsp3) is 0.409. The van der Waals surface area contributed by atoms with E-state index in [1.807, 2.05) is 24.3 Å². The Labute approximate surface area is 195 Å². The molecule has 0 aliphatic carbocycles. The van der Waals surface area contributed by atoms with Gasteiger partial charge in [-0.3, -0.25) is 9.79 Å². The maximum absolute atomic E-state index is 11.6. The van der Waals surface area contributed by atoms with Crippen LogP contribution in [0.5, 0.6) is 0 Å². The first-order valence-electron chi connectivity index (χ1n) is 10.1. The summed E-state index contributed by atoms with van der Waals surface area (Å²) in [6, 6.07) is 14.4.